The number of hydrogen-bond acceptors (Lipinski definition) is 2. The van der Waals surface area contributed by atoms with Gasteiger partial charge in [-0.05, 0) is 30.5 Å². The summed E-state index contributed by atoms with van der Waals surface area (Å²) in [5, 5.41) is 0. The zero-order valence-corrected chi connectivity index (χ0v) is 11.6. The van der Waals surface area contributed by atoms with Gasteiger partial charge in [0.2, 0.25) is 0 Å². The molecule has 0 saturated heterocycles. The molecule has 5 heteroatoms. The molecule has 0 aliphatic rings. The zero-order valence-electron chi connectivity index (χ0n) is 11.6. The summed E-state index contributed by atoms with van der Waals surface area (Å²) in [6.07, 6.45) is -4.36. The van der Waals surface area contributed by atoms with E-state index < -0.39 is 11.7 Å². The second-order valence-electron chi connectivity index (χ2n) is 4.98. The van der Waals surface area contributed by atoms with Crippen LogP contribution < -0.4 is 10.6 Å². The zero-order chi connectivity index (χ0) is 14.6. The Bertz CT molecular complexity index is 414. The molecule has 2 nitrogen and oxygen atoms in total. The molecule has 1 rings (SSSR count). The molecule has 0 unspecified atom stereocenters. The summed E-state index contributed by atoms with van der Waals surface area (Å²) in [7, 11) is 0. The van der Waals surface area contributed by atoms with Crippen LogP contribution >= 0.6 is 0 Å². The van der Waals surface area contributed by atoms with Crippen LogP contribution in [-0.4, -0.2) is 13.1 Å². The molecule has 1 aromatic carbocycles. The van der Waals surface area contributed by atoms with E-state index in [0.717, 1.165) is 6.54 Å². The van der Waals surface area contributed by atoms with E-state index in [-0.39, 0.29) is 12.1 Å². The third-order valence-corrected chi connectivity index (χ3v) is 2.95. The van der Waals surface area contributed by atoms with Gasteiger partial charge in [-0.3, -0.25) is 0 Å². The highest BCUT2D eigenvalue weighted by molar-refractivity contribution is 5.52. The largest absolute Gasteiger partial charge is 0.416 e. The fraction of sp³-hybridized carbons (Fsp3) is 0.571. The molecule has 108 valence electrons. The average molecular weight is 274 g/mol. The summed E-state index contributed by atoms with van der Waals surface area (Å²) in [6.45, 7) is 7.33. The van der Waals surface area contributed by atoms with Crippen molar-refractivity contribution in [2.45, 2.75) is 33.5 Å². The summed E-state index contributed by atoms with van der Waals surface area (Å²) in [6, 6.07) is 4.39. The number of benzene rings is 1. The number of anilines is 1. The van der Waals surface area contributed by atoms with Crippen molar-refractivity contribution < 1.29 is 13.2 Å². The van der Waals surface area contributed by atoms with Gasteiger partial charge < -0.3 is 10.6 Å². The van der Waals surface area contributed by atoms with Crippen LogP contribution in [0.4, 0.5) is 18.9 Å². The second-order valence-corrected chi connectivity index (χ2v) is 4.98. The van der Waals surface area contributed by atoms with E-state index in [4.69, 9.17) is 5.73 Å². The van der Waals surface area contributed by atoms with Crippen LogP contribution in [0.1, 0.15) is 31.9 Å². The van der Waals surface area contributed by atoms with Gasteiger partial charge in [-0.1, -0.05) is 19.9 Å². The van der Waals surface area contributed by atoms with Crippen molar-refractivity contribution >= 4 is 5.69 Å². The molecular weight excluding hydrogens is 253 g/mol. The predicted molar refractivity (Wildman–Crippen MR) is 72.1 cm³/mol. The molecule has 0 bridgehead atoms. The van der Waals surface area contributed by atoms with Crippen LogP contribution in [0.5, 0.6) is 0 Å². The molecule has 0 aromatic heterocycles. The van der Waals surface area contributed by atoms with Crippen molar-refractivity contribution in [1.29, 1.82) is 0 Å². The molecule has 2 N–H and O–H groups in total. The van der Waals surface area contributed by atoms with Gasteiger partial charge in [0.15, 0.2) is 0 Å². The fourth-order valence-corrected chi connectivity index (χ4v) is 2.06. The summed E-state index contributed by atoms with van der Waals surface area (Å²) in [5.41, 5.74) is 5.48. The van der Waals surface area contributed by atoms with Gasteiger partial charge in [-0.25, -0.2) is 0 Å². The Morgan fingerprint density at radius 1 is 1.26 bits per heavy atom. The molecule has 0 aliphatic heterocycles. The van der Waals surface area contributed by atoms with Crippen molar-refractivity contribution in [3.8, 4) is 0 Å². The Labute approximate surface area is 112 Å². The van der Waals surface area contributed by atoms with E-state index >= 15 is 0 Å². The molecule has 0 saturated carbocycles. The molecule has 0 amide bonds. The average Bonchev–Trinajstić information content (AvgIpc) is 2.34. The maximum atomic E-state index is 13.0. The topological polar surface area (TPSA) is 29.3 Å². The van der Waals surface area contributed by atoms with E-state index in [1.165, 1.54) is 12.1 Å². The van der Waals surface area contributed by atoms with Crippen LogP contribution in [0, 0.1) is 5.92 Å². The quantitative estimate of drug-likeness (QED) is 0.888. The summed E-state index contributed by atoms with van der Waals surface area (Å²) in [5.74, 6) is 0.392. The van der Waals surface area contributed by atoms with Gasteiger partial charge in [-0.2, -0.15) is 13.2 Å². The lowest BCUT2D eigenvalue weighted by Crippen LogP contribution is -2.27. The highest BCUT2D eigenvalue weighted by atomic mass is 19.4. The molecule has 0 atom stereocenters. The van der Waals surface area contributed by atoms with Gasteiger partial charge in [0.25, 0.3) is 0 Å². The summed E-state index contributed by atoms with van der Waals surface area (Å²) >= 11 is 0. The molecule has 0 radical (unpaired) electrons. The molecule has 19 heavy (non-hydrogen) atoms. The lowest BCUT2D eigenvalue weighted by molar-refractivity contribution is -0.138. The standard InChI is InChI=1S/C14H21F3N2/c1-4-19(9-10(2)3)12-6-5-11(8-18)13(7-12)14(15,16)17/h5-7,10H,4,8-9,18H2,1-3H3. The molecule has 0 heterocycles. The molecule has 0 fully saturated rings. The summed E-state index contributed by atoms with van der Waals surface area (Å²) in [4.78, 5) is 1.94. The lowest BCUT2D eigenvalue weighted by atomic mass is 10.0. The smallest absolute Gasteiger partial charge is 0.372 e. The van der Waals surface area contributed by atoms with Crippen LogP contribution in [-0.2, 0) is 12.7 Å². The summed E-state index contributed by atoms with van der Waals surface area (Å²) < 4.78 is 38.9. The fourth-order valence-electron chi connectivity index (χ4n) is 2.06. The van der Waals surface area contributed by atoms with Crippen molar-refractivity contribution in [3.63, 3.8) is 0 Å². The van der Waals surface area contributed by atoms with Gasteiger partial charge >= 0.3 is 6.18 Å². The number of rotatable bonds is 5. The number of alkyl halides is 3. The third kappa shape index (κ3) is 4.13. The number of hydrogen-bond donors (Lipinski definition) is 1. The molecule has 0 spiro atoms. The van der Waals surface area contributed by atoms with E-state index in [9.17, 15) is 13.2 Å². The van der Waals surface area contributed by atoms with Crippen molar-refractivity contribution in [1.82, 2.24) is 0 Å². The maximum Gasteiger partial charge on any atom is 0.416 e. The number of halogens is 3. The van der Waals surface area contributed by atoms with Gasteiger partial charge in [-0.15, -0.1) is 0 Å². The highest BCUT2D eigenvalue weighted by Gasteiger charge is 2.33. The van der Waals surface area contributed by atoms with Gasteiger partial charge in [0.05, 0.1) is 5.56 Å². The van der Waals surface area contributed by atoms with Crippen molar-refractivity contribution in [3.05, 3.63) is 29.3 Å². The Balaban J connectivity index is 3.16. The number of nitrogens with two attached hydrogens (primary N) is 1. The van der Waals surface area contributed by atoms with E-state index in [0.29, 0.717) is 18.2 Å². The second kappa shape index (κ2) is 6.28. The lowest BCUT2D eigenvalue weighted by Gasteiger charge is -2.26. The van der Waals surface area contributed by atoms with Crippen molar-refractivity contribution in [2.24, 2.45) is 11.7 Å². The van der Waals surface area contributed by atoms with Crippen LogP contribution in [0.2, 0.25) is 0 Å². The minimum atomic E-state index is -4.36. The maximum absolute atomic E-state index is 13.0. The monoisotopic (exact) mass is 274 g/mol. The van der Waals surface area contributed by atoms with Gasteiger partial charge in [0, 0.05) is 25.3 Å². The van der Waals surface area contributed by atoms with E-state index in [1.807, 2.05) is 25.7 Å². The Hall–Kier alpha value is -1.23. The normalized spacial score (nSPS) is 12.0. The molecule has 1 aromatic rings. The Morgan fingerprint density at radius 2 is 1.89 bits per heavy atom. The predicted octanol–water partition coefficient (Wildman–Crippen LogP) is 3.65. The van der Waals surface area contributed by atoms with Crippen LogP contribution in [0.25, 0.3) is 0 Å². The van der Waals surface area contributed by atoms with Gasteiger partial charge in [0.1, 0.15) is 0 Å². The highest BCUT2D eigenvalue weighted by Crippen LogP contribution is 2.34. The first-order valence-corrected chi connectivity index (χ1v) is 6.44. The Kier molecular flexibility index (Phi) is 5.23. The SMILES string of the molecule is CCN(CC(C)C)c1ccc(CN)c(C(F)(F)F)c1. The van der Waals surface area contributed by atoms with E-state index in [1.54, 1.807) is 6.07 Å². The molecule has 0 aliphatic carbocycles. The first-order chi connectivity index (χ1) is 8.79. The third-order valence-electron chi connectivity index (χ3n) is 2.95. The molecular formula is C14H21F3N2. The number of nitrogens with zero attached hydrogens (tertiary/aromatic N) is 1. The first kappa shape index (κ1) is 15.8. The van der Waals surface area contributed by atoms with Crippen LogP contribution in [0.3, 0.4) is 0 Å². The van der Waals surface area contributed by atoms with Crippen molar-refractivity contribution in [2.75, 3.05) is 18.0 Å². The first-order valence-electron chi connectivity index (χ1n) is 6.44. The minimum Gasteiger partial charge on any atom is -0.372 e. The van der Waals surface area contributed by atoms with Crippen LogP contribution in [0.15, 0.2) is 18.2 Å². The Morgan fingerprint density at radius 3 is 2.32 bits per heavy atom. The van der Waals surface area contributed by atoms with E-state index in [2.05, 4.69) is 0 Å². The minimum absolute atomic E-state index is 0.106.